The first kappa shape index (κ1) is 18.7. The van der Waals surface area contributed by atoms with Gasteiger partial charge in [-0.3, -0.25) is 4.79 Å². The van der Waals surface area contributed by atoms with Gasteiger partial charge in [-0.25, -0.2) is 4.79 Å². The van der Waals surface area contributed by atoms with Gasteiger partial charge in [0.05, 0.1) is 12.5 Å². The Kier molecular flexibility index (Phi) is 5.29. The van der Waals surface area contributed by atoms with Crippen molar-refractivity contribution in [1.82, 2.24) is 5.32 Å². The van der Waals surface area contributed by atoms with Crippen molar-refractivity contribution in [1.29, 1.82) is 0 Å². The largest absolute Gasteiger partial charge is 0.481 e. The molecule has 146 valence electrons. The van der Waals surface area contributed by atoms with Crippen molar-refractivity contribution in [3.63, 3.8) is 0 Å². The van der Waals surface area contributed by atoms with Crippen molar-refractivity contribution < 1.29 is 19.4 Å². The van der Waals surface area contributed by atoms with Crippen LogP contribution in [0.4, 0.5) is 4.79 Å². The Morgan fingerprint density at radius 3 is 2.00 bits per heavy atom. The van der Waals surface area contributed by atoms with Gasteiger partial charge in [0.15, 0.2) is 0 Å². The van der Waals surface area contributed by atoms with E-state index in [9.17, 15) is 14.7 Å². The second kappa shape index (κ2) is 8.19. The van der Waals surface area contributed by atoms with Gasteiger partial charge in [0.1, 0.15) is 6.61 Å². The molecule has 0 saturated carbocycles. The van der Waals surface area contributed by atoms with Crippen molar-refractivity contribution in [3.8, 4) is 11.1 Å². The topological polar surface area (TPSA) is 75.6 Å². The molecule has 3 aromatic rings. The number of fused-ring (bicyclic) bond motifs is 3. The molecule has 1 aliphatic carbocycles. The van der Waals surface area contributed by atoms with Crippen molar-refractivity contribution in [3.05, 3.63) is 95.6 Å². The first-order chi connectivity index (χ1) is 14.1. The average molecular weight is 387 g/mol. The molecule has 29 heavy (non-hydrogen) atoms. The number of carboxylic acids is 1. The van der Waals surface area contributed by atoms with E-state index >= 15 is 0 Å². The highest BCUT2D eigenvalue weighted by molar-refractivity contribution is 5.79. The van der Waals surface area contributed by atoms with Crippen LogP contribution in [0.25, 0.3) is 11.1 Å². The molecule has 0 heterocycles. The molecule has 3 aromatic carbocycles. The summed E-state index contributed by atoms with van der Waals surface area (Å²) in [7, 11) is 0. The predicted molar refractivity (Wildman–Crippen MR) is 110 cm³/mol. The number of carbonyl (C=O) groups is 2. The van der Waals surface area contributed by atoms with E-state index in [0.717, 1.165) is 27.8 Å². The Bertz CT molecular complexity index is 986. The minimum absolute atomic E-state index is 0.0391. The zero-order valence-corrected chi connectivity index (χ0v) is 15.7. The third-order valence-electron chi connectivity index (χ3n) is 5.22. The fourth-order valence-corrected chi connectivity index (χ4v) is 3.89. The van der Waals surface area contributed by atoms with E-state index in [1.807, 2.05) is 42.5 Å². The Morgan fingerprint density at radius 1 is 0.862 bits per heavy atom. The number of carboxylic acid groups (broad SMARTS) is 1. The molecule has 0 spiro atoms. The Hall–Kier alpha value is -3.60. The fraction of sp³-hybridized carbons (Fsp3) is 0.167. The molecule has 5 nitrogen and oxygen atoms in total. The van der Waals surface area contributed by atoms with E-state index in [0.29, 0.717) is 0 Å². The minimum atomic E-state index is -0.988. The van der Waals surface area contributed by atoms with Gasteiger partial charge in [-0.2, -0.15) is 0 Å². The SMILES string of the molecule is O=C(O)CC(NC(=O)OCC1c2ccccc2-c2ccccc21)c1ccccc1. The van der Waals surface area contributed by atoms with Crippen LogP contribution in [0.2, 0.25) is 0 Å². The van der Waals surface area contributed by atoms with E-state index in [1.165, 1.54) is 0 Å². The van der Waals surface area contributed by atoms with Crippen LogP contribution in [0, 0.1) is 0 Å². The number of benzene rings is 3. The zero-order valence-electron chi connectivity index (χ0n) is 15.7. The summed E-state index contributed by atoms with van der Waals surface area (Å²) in [6.45, 7) is 0.189. The minimum Gasteiger partial charge on any atom is -0.481 e. The maximum absolute atomic E-state index is 12.5. The van der Waals surface area contributed by atoms with Crippen molar-refractivity contribution in [2.45, 2.75) is 18.4 Å². The zero-order chi connectivity index (χ0) is 20.2. The summed E-state index contributed by atoms with van der Waals surface area (Å²) >= 11 is 0. The molecule has 0 fully saturated rings. The Morgan fingerprint density at radius 2 is 1.41 bits per heavy atom. The summed E-state index contributed by atoms with van der Waals surface area (Å²) in [6, 6.07) is 24.6. The first-order valence-corrected chi connectivity index (χ1v) is 9.51. The smallest absolute Gasteiger partial charge is 0.407 e. The molecule has 4 rings (SSSR count). The molecule has 0 aromatic heterocycles. The van der Waals surface area contributed by atoms with Crippen LogP contribution in [0.1, 0.15) is 35.1 Å². The van der Waals surface area contributed by atoms with Crippen molar-refractivity contribution >= 4 is 12.1 Å². The van der Waals surface area contributed by atoms with Gasteiger partial charge >= 0.3 is 12.1 Å². The quantitative estimate of drug-likeness (QED) is 0.640. The molecular weight excluding hydrogens is 366 g/mol. The molecule has 0 saturated heterocycles. The summed E-state index contributed by atoms with van der Waals surface area (Å²) in [5.74, 6) is -1.03. The van der Waals surface area contributed by atoms with E-state index in [2.05, 4.69) is 29.6 Å². The first-order valence-electron chi connectivity index (χ1n) is 9.51. The van der Waals surface area contributed by atoms with Gasteiger partial charge in [-0.1, -0.05) is 78.9 Å². The lowest BCUT2D eigenvalue weighted by Gasteiger charge is -2.19. The van der Waals surface area contributed by atoms with Gasteiger partial charge in [0, 0.05) is 5.92 Å². The van der Waals surface area contributed by atoms with E-state index in [-0.39, 0.29) is 18.9 Å². The van der Waals surface area contributed by atoms with Crippen LogP contribution in [0.3, 0.4) is 0 Å². The lowest BCUT2D eigenvalue weighted by atomic mass is 9.98. The highest BCUT2D eigenvalue weighted by Crippen LogP contribution is 2.44. The van der Waals surface area contributed by atoms with Crippen LogP contribution in [0.5, 0.6) is 0 Å². The number of hydrogen-bond donors (Lipinski definition) is 2. The van der Waals surface area contributed by atoms with Crippen LogP contribution < -0.4 is 5.32 Å². The van der Waals surface area contributed by atoms with E-state index in [1.54, 1.807) is 12.1 Å². The number of carbonyl (C=O) groups excluding carboxylic acids is 1. The average Bonchev–Trinajstić information content (AvgIpc) is 3.06. The maximum Gasteiger partial charge on any atom is 0.407 e. The van der Waals surface area contributed by atoms with E-state index in [4.69, 9.17) is 4.74 Å². The van der Waals surface area contributed by atoms with Crippen LogP contribution in [-0.4, -0.2) is 23.8 Å². The number of ether oxygens (including phenoxy) is 1. The molecule has 2 N–H and O–H groups in total. The summed E-state index contributed by atoms with van der Waals surface area (Å²) in [5.41, 5.74) is 5.30. The van der Waals surface area contributed by atoms with Crippen molar-refractivity contribution in [2.24, 2.45) is 0 Å². The van der Waals surface area contributed by atoms with Crippen LogP contribution >= 0.6 is 0 Å². The summed E-state index contributed by atoms with van der Waals surface area (Å²) in [5, 5.41) is 11.9. The van der Waals surface area contributed by atoms with Crippen LogP contribution in [-0.2, 0) is 9.53 Å². The van der Waals surface area contributed by atoms with E-state index < -0.39 is 18.1 Å². The number of aliphatic carboxylic acids is 1. The van der Waals surface area contributed by atoms with Gasteiger partial charge in [0.25, 0.3) is 0 Å². The van der Waals surface area contributed by atoms with Crippen molar-refractivity contribution in [2.75, 3.05) is 6.61 Å². The lowest BCUT2D eigenvalue weighted by molar-refractivity contribution is -0.137. The second-order valence-electron chi connectivity index (χ2n) is 7.03. The van der Waals surface area contributed by atoms with Gasteiger partial charge < -0.3 is 15.2 Å². The number of amides is 1. The van der Waals surface area contributed by atoms with Gasteiger partial charge in [-0.15, -0.1) is 0 Å². The maximum atomic E-state index is 12.5. The lowest BCUT2D eigenvalue weighted by Crippen LogP contribution is -2.31. The molecule has 0 radical (unpaired) electrons. The third kappa shape index (κ3) is 3.99. The predicted octanol–water partition coefficient (Wildman–Crippen LogP) is 4.74. The molecule has 1 amide bonds. The number of rotatable bonds is 6. The monoisotopic (exact) mass is 387 g/mol. The third-order valence-corrected chi connectivity index (χ3v) is 5.22. The summed E-state index contributed by atoms with van der Waals surface area (Å²) in [6.07, 6.45) is -0.837. The molecule has 1 atom stereocenters. The van der Waals surface area contributed by atoms with Gasteiger partial charge in [-0.05, 0) is 27.8 Å². The summed E-state index contributed by atoms with van der Waals surface area (Å²) < 4.78 is 5.53. The number of alkyl carbamates (subject to hydrolysis) is 1. The molecule has 1 unspecified atom stereocenters. The highest BCUT2D eigenvalue weighted by atomic mass is 16.5. The second-order valence-corrected chi connectivity index (χ2v) is 7.03. The van der Waals surface area contributed by atoms with Crippen LogP contribution in [0.15, 0.2) is 78.9 Å². The summed E-state index contributed by atoms with van der Waals surface area (Å²) in [4.78, 5) is 23.7. The fourth-order valence-electron chi connectivity index (χ4n) is 3.89. The number of nitrogens with one attached hydrogen (secondary N) is 1. The molecule has 5 heteroatoms. The molecule has 0 bridgehead atoms. The Labute approximate surface area is 169 Å². The molecule has 0 aliphatic heterocycles. The standard InChI is InChI=1S/C24H21NO4/c26-23(27)14-22(16-8-2-1-3-9-16)25-24(28)29-15-21-19-12-6-4-10-17(19)18-11-5-7-13-20(18)21/h1-13,21-22H,14-15H2,(H,25,28)(H,26,27). The molecule has 1 aliphatic rings. The molecular formula is C24H21NO4. The highest BCUT2D eigenvalue weighted by Gasteiger charge is 2.29. The number of hydrogen-bond acceptors (Lipinski definition) is 3. The van der Waals surface area contributed by atoms with Gasteiger partial charge in [0.2, 0.25) is 0 Å². The normalized spacial score (nSPS) is 13.2. The Balaban J connectivity index is 1.47.